The van der Waals surface area contributed by atoms with E-state index in [4.69, 9.17) is 9.73 Å². The smallest absolute Gasteiger partial charge is 0.255 e. The average Bonchev–Trinajstić information content (AvgIpc) is 2.89. The fraction of sp³-hybridized carbons (Fsp3) is 0.241. The Bertz CT molecular complexity index is 1460. The second-order valence-corrected chi connectivity index (χ2v) is 9.87. The van der Waals surface area contributed by atoms with Crippen LogP contribution in [0.5, 0.6) is 5.75 Å². The highest BCUT2D eigenvalue weighted by Gasteiger charge is 2.31. The maximum atomic E-state index is 13.5. The summed E-state index contributed by atoms with van der Waals surface area (Å²) in [6, 6.07) is 18.8. The number of nitriles is 1. The van der Waals surface area contributed by atoms with E-state index in [0.717, 1.165) is 28.1 Å². The number of hydrogen-bond donors (Lipinski definition) is 3. The van der Waals surface area contributed by atoms with Crippen LogP contribution in [0.3, 0.4) is 0 Å². The highest BCUT2D eigenvalue weighted by Crippen LogP contribution is 2.37. The number of rotatable bonds is 7. The van der Waals surface area contributed by atoms with Gasteiger partial charge in [0.15, 0.2) is 5.17 Å². The summed E-state index contributed by atoms with van der Waals surface area (Å²) in [5.41, 5.74) is 5.85. The number of methoxy groups -OCH3 is 1. The summed E-state index contributed by atoms with van der Waals surface area (Å²) in [6.07, 6.45) is 0. The second kappa shape index (κ2) is 11.9. The number of aryl methyl sites for hydroxylation is 2. The van der Waals surface area contributed by atoms with E-state index in [1.807, 2.05) is 82.4 Å². The lowest BCUT2D eigenvalue weighted by Crippen LogP contribution is -2.32. The fourth-order valence-electron chi connectivity index (χ4n) is 4.29. The Balaban J connectivity index is 1.76. The Morgan fingerprint density at radius 3 is 2.61 bits per heavy atom. The molecule has 8 nitrogen and oxygen atoms in total. The first-order chi connectivity index (χ1) is 18.3. The van der Waals surface area contributed by atoms with Crippen LogP contribution >= 0.6 is 11.8 Å². The van der Waals surface area contributed by atoms with Gasteiger partial charge in [-0.15, -0.1) is 0 Å². The summed E-state index contributed by atoms with van der Waals surface area (Å²) >= 11 is 1.28. The Morgan fingerprint density at radius 2 is 1.92 bits per heavy atom. The molecule has 1 atom stereocenters. The van der Waals surface area contributed by atoms with E-state index in [2.05, 4.69) is 27.0 Å². The third kappa shape index (κ3) is 5.88. The number of ether oxygens (including phenoxy) is 1. The van der Waals surface area contributed by atoms with Gasteiger partial charge in [-0.1, -0.05) is 30.3 Å². The SMILES string of the molecule is CNCc1cc(C)nc(SC2=N[C@H](c3ccc(C)c(OC)c3)C(C(=O)Nc3ccccc3)=C(C)N2)c1C#N. The molecule has 0 aliphatic carbocycles. The number of anilines is 1. The number of aromatic nitrogens is 1. The number of para-hydroxylation sites is 1. The number of aliphatic imine (C=N–C) groups is 1. The maximum absolute atomic E-state index is 13.5. The van der Waals surface area contributed by atoms with Crippen LogP contribution in [0.4, 0.5) is 5.69 Å². The molecule has 9 heteroatoms. The van der Waals surface area contributed by atoms with Crippen molar-refractivity contribution in [1.82, 2.24) is 15.6 Å². The van der Waals surface area contributed by atoms with Crippen LogP contribution in [-0.4, -0.2) is 30.2 Å². The molecule has 2 heterocycles. The van der Waals surface area contributed by atoms with Gasteiger partial charge in [0.1, 0.15) is 22.9 Å². The minimum Gasteiger partial charge on any atom is -0.496 e. The number of benzene rings is 2. The molecule has 3 N–H and O–H groups in total. The molecular weight excluding hydrogens is 496 g/mol. The van der Waals surface area contributed by atoms with E-state index in [0.29, 0.717) is 39.3 Å². The number of nitrogens with zero attached hydrogens (tertiary/aromatic N) is 3. The van der Waals surface area contributed by atoms with Crippen LogP contribution in [0.2, 0.25) is 0 Å². The Labute approximate surface area is 227 Å². The minimum atomic E-state index is -0.593. The molecule has 0 spiro atoms. The van der Waals surface area contributed by atoms with Gasteiger partial charge in [-0.05, 0) is 80.5 Å². The van der Waals surface area contributed by atoms with Crippen molar-refractivity contribution in [3.8, 4) is 11.8 Å². The molecular formula is C29H30N6O2S. The number of amides is 1. The minimum absolute atomic E-state index is 0.249. The first-order valence-electron chi connectivity index (χ1n) is 12.1. The van der Waals surface area contributed by atoms with E-state index in [9.17, 15) is 10.1 Å². The van der Waals surface area contributed by atoms with Crippen LogP contribution in [0.25, 0.3) is 0 Å². The number of nitrogens with one attached hydrogen (secondary N) is 3. The van der Waals surface area contributed by atoms with Crippen LogP contribution < -0.4 is 20.7 Å². The quantitative estimate of drug-likeness (QED) is 0.397. The largest absolute Gasteiger partial charge is 0.496 e. The van der Waals surface area contributed by atoms with Crippen molar-refractivity contribution in [3.05, 3.63) is 93.8 Å². The number of thioether (sulfide) groups is 1. The highest BCUT2D eigenvalue weighted by molar-refractivity contribution is 8.13. The molecule has 1 aliphatic heterocycles. The third-order valence-electron chi connectivity index (χ3n) is 6.11. The Morgan fingerprint density at radius 1 is 1.16 bits per heavy atom. The van der Waals surface area contributed by atoms with Gasteiger partial charge < -0.3 is 20.7 Å². The normalized spacial score (nSPS) is 14.8. The predicted octanol–water partition coefficient (Wildman–Crippen LogP) is 5.00. The van der Waals surface area contributed by atoms with Gasteiger partial charge in [-0.3, -0.25) is 4.79 Å². The molecule has 0 unspecified atom stereocenters. The number of carbonyl (C=O) groups excluding carboxylic acids is 1. The molecule has 2 aromatic carbocycles. The molecule has 0 bridgehead atoms. The molecule has 0 saturated carbocycles. The molecule has 0 saturated heterocycles. The fourth-order valence-corrected chi connectivity index (χ4v) is 5.30. The Kier molecular flexibility index (Phi) is 8.46. The van der Waals surface area contributed by atoms with Crippen LogP contribution in [0.15, 0.2) is 75.9 Å². The Hall–Kier alpha value is -4.13. The van der Waals surface area contributed by atoms with E-state index >= 15 is 0 Å². The van der Waals surface area contributed by atoms with Crippen molar-refractivity contribution < 1.29 is 9.53 Å². The van der Waals surface area contributed by atoms with Gasteiger partial charge >= 0.3 is 0 Å². The summed E-state index contributed by atoms with van der Waals surface area (Å²) in [5, 5.41) is 20.4. The van der Waals surface area contributed by atoms with Gasteiger partial charge in [0.05, 0.1) is 18.2 Å². The summed E-state index contributed by atoms with van der Waals surface area (Å²) < 4.78 is 5.56. The van der Waals surface area contributed by atoms with Gasteiger partial charge in [0.2, 0.25) is 0 Å². The lowest BCUT2D eigenvalue weighted by atomic mass is 9.94. The lowest BCUT2D eigenvalue weighted by molar-refractivity contribution is -0.113. The molecule has 0 radical (unpaired) electrons. The molecule has 1 aliphatic rings. The summed E-state index contributed by atoms with van der Waals surface area (Å²) in [6.45, 7) is 6.28. The monoisotopic (exact) mass is 526 g/mol. The van der Waals surface area contributed by atoms with Gasteiger partial charge in [0.25, 0.3) is 5.91 Å². The molecule has 194 valence electrons. The first kappa shape index (κ1) is 26.9. The number of amidine groups is 1. The molecule has 1 aromatic heterocycles. The molecule has 0 fully saturated rings. The summed E-state index contributed by atoms with van der Waals surface area (Å²) in [7, 11) is 3.46. The van der Waals surface area contributed by atoms with Crippen LogP contribution in [-0.2, 0) is 11.3 Å². The molecule has 3 aromatic rings. The number of allylic oxidation sites excluding steroid dienone is 1. The van der Waals surface area contributed by atoms with E-state index in [1.54, 1.807) is 7.11 Å². The van der Waals surface area contributed by atoms with E-state index < -0.39 is 6.04 Å². The highest BCUT2D eigenvalue weighted by atomic mass is 32.2. The van der Waals surface area contributed by atoms with Crippen molar-refractivity contribution in [1.29, 1.82) is 5.26 Å². The van der Waals surface area contributed by atoms with Crippen molar-refractivity contribution in [3.63, 3.8) is 0 Å². The van der Waals surface area contributed by atoms with E-state index in [-0.39, 0.29) is 5.91 Å². The topological polar surface area (TPSA) is 111 Å². The van der Waals surface area contributed by atoms with Crippen LogP contribution in [0, 0.1) is 25.2 Å². The zero-order valence-electron chi connectivity index (χ0n) is 22.0. The zero-order chi connectivity index (χ0) is 27.2. The summed E-state index contributed by atoms with van der Waals surface area (Å²) in [5.74, 6) is 0.468. The maximum Gasteiger partial charge on any atom is 0.255 e. The van der Waals surface area contributed by atoms with Crippen molar-refractivity contribution >= 4 is 28.5 Å². The van der Waals surface area contributed by atoms with E-state index in [1.165, 1.54) is 11.8 Å². The molecule has 1 amide bonds. The van der Waals surface area contributed by atoms with Gasteiger partial charge in [-0.2, -0.15) is 5.26 Å². The predicted molar refractivity (Wildman–Crippen MR) is 151 cm³/mol. The van der Waals surface area contributed by atoms with Crippen LogP contribution in [0.1, 0.15) is 40.9 Å². The van der Waals surface area contributed by atoms with Crippen molar-refractivity contribution in [2.24, 2.45) is 4.99 Å². The average molecular weight is 527 g/mol. The first-order valence-corrected chi connectivity index (χ1v) is 13.0. The van der Waals surface area contributed by atoms with Gasteiger partial charge in [-0.25, -0.2) is 9.98 Å². The third-order valence-corrected chi connectivity index (χ3v) is 7.00. The molecule has 4 rings (SSSR count). The number of carbonyl (C=O) groups is 1. The summed E-state index contributed by atoms with van der Waals surface area (Å²) in [4.78, 5) is 23.1. The zero-order valence-corrected chi connectivity index (χ0v) is 22.9. The van der Waals surface area contributed by atoms with Crippen molar-refractivity contribution in [2.75, 3.05) is 19.5 Å². The number of hydrogen-bond acceptors (Lipinski definition) is 8. The van der Waals surface area contributed by atoms with Crippen molar-refractivity contribution in [2.45, 2.75) is 38.4 Å². The van der Waals surface area contributed by atoms with Gasteiger partial charge in [0, 0.05) is 23.6 Å². The number of pyridine rings is 1. The lowest BCUT2D eigenvalue weighted by Gasteiger charge is -2.27. The second-order valence-electron chi connectivity index (χ2n) is 8.90. The standard InChI is InChI=1S/C29H30N6O2S/c1-17-11-12-20(14-24(17)37-5)26-25(27(36)34-22-9-7-6-8-10-22)19(3)33-29(35-26)38-28-23(15-30)21(16-31-4)13-18(2)32-28/h6-14,26,31H,16H2,1-5H3,(H,33,35)(H,34,36)/t26-/m1/s1. The molecule has 38 heavy (non-hydrogen) atoms.